The fourth-order valence-corrected chi connectivity index (χ4v) is 3.87. The first-order chi connectivity index (χ1) is 11.6. The predicted octanol–water partition coefficient (Wildman–Crippen LogP) is 3.26. The molecule has 0 bridgehead atoms. The summed E-state index contributed by atoms with van der Waals surface area (Å²) in [6.07, 6.45) is 5.42. The number of carbonyl (C=O) groups excluding carboxylic acids is 1. The minimum absolute atomic E-state index is 0.359. The molecule has 4 heteroatoms. The number of aromatic nitrogens is 2. The number of aryl methyl sites for hydroxylation is 2. The highest BCUT2D eigenvalue weighted by Gasteiger charge is 2.29. The molecule has 3 aromatic rings. The summed E-state index contributed by atoms with van der Waals surface area (Å²) in [7, 11) is 2.02. The molecule has 0 saturated carbocycles. The first kappa shape index (κ1) is 14.7. The Morgan fingerprint density at radius 1 is 1.12 bits per heavy atom. The quantitative estimate of drug-likeness (QED) is 0.788. The number of rotatable bonds is 2. The van der Waals surface area contributed by atoms with E-state index in [9.17, 15) is 4.79 Å². The Balaban J connectivity index is 2.09. The molecule has 0 fully saturated rings. The summed E-state index contributed by atoms with van der Waals surface area (Å²) in [6.45, 7) is 2.06. The van der Waals surface area contributed by atoms with Crippen LogP contribution in [-0.2, 0) is 19.9 Å². The Hall–Kier alpha value is -2.88. The number of primary amides is 1. The van der Waals surface area contributed by atoms with Gasteiger partial charge in [-0.1, -0.05) is 24.3 Å². The van der Waals surface area contributed by atoms with E-state index < -0.39 is 0 Å². The molecule has 4 nitrogen and oxygen atoms in total. The van der Waals surface area contributed by atoms with Crippen LogP contribution in [0.25, 0.3) is 22.5 Å². The van der Waals surface area contributed by atoms with Crippen molar-refractivity contribution < 1.29 is 4.79 Å². The normalized spacial score (nSPS) is 12.6. The average molecular weight is 317 g/mol. The molecule has 4 rings (SSSR count). The largest absolute Gasteiger partial charge is 0.366 e. The van der Waals surface area contributed by atoms with Crippen LogP contribution in [-0.4, -0.2) is 15.5 Å². The van der Waals surface area contributed by atoms with Gasteiger partial charge < -0.3 is 10.3 Å². The number of fused-ring (bicyclic) bond motifs is 3. The Bertz CT molecular complexity index is 969. The molecule has 1 aliphatic rings. The zero-order valence-corrected chi connectivity index (χ0v) is 13.8. The molecule has 0 radical (unpaired) electrons. The number of amides is 1. The van der Waals surface area contributed by atoms with Gasteiger partial charge in [-0.25, -0.2) is 0 Å². The van der Waals surface area contributed by atoms with E-state index in [0.29, 0.717) is 5.56 Å². The van der Waals surface area contributed by atoms with Crippen LogP contribution in [0.15, 0.2) is 42.7 Å². The molecule has 2 heterocycles. The van der Waals surface area contributed by atoms with Crippen LogP contribution in [0.2, 0.25) is 0 Å². The summed E-state index contributed by atoms with van der Waals surface area (Å²) >= 11 is 0. The maximum atomic E-state index is 12.3. The molecule has 0 atom stereocenters. The lowest BCUT2D eigenvalue weighted by Crippen LogP contribution is -2.15. The summed E-state index contributed by atoms with van der Waals surface area (Å²) < 4.78 is 2.12. The first-order valence-electron chi connectivity index (χ1n) is 8.10. The fourth-order valence-electron chi connectivity index (χ4n) is 3.87. The lowest BCUT2D eigenvalue weighted by Gasteiger charge is -2.18. The van der Waals surface area contributed by atoms with Gasteiger partial charge in [-0.2, -0.15) is 0 Å². The van der Waals surface area contributed by atoms with Gasteiger partial charge in [-0.3, -0.25) is 9.78 Å². The molecule has 2 aromatic heterocycles. The van der Waals surface area contributed by atoms with Gasteiger partial charge >= 0.3 is 0 Å². The van der Waals surface area contributed by atoms with E-state index in [2.05, 4.69) is 28.6 Å². The number of hydrogen-bond donors (Lipinski definition) is 1. The van der Waals surface area contributed by atoms with E-state index in [0.717, 1.165) is 46.5 Å². The van der Waals surface area contributed by atoms with Gasteiger partial charge in [0.05, 0.1) is 17.0 Å². The Morgan fingerprint density at radius 3 is 2.67 bits per heavy atom. The standard InChI is InChI=1S/C20H19N3O/c1-12-5-3-4-6-14(12)19-17(20(21)24)16-8-7-13-11-22-10-9-15(13)18(16)23(19)2/h3-6,9-11H,7-8H2,1-2H3,(H2,21,24). The summed E-state index contributed by atoms with van der Waals surface area (Å²) in [6, 6.07) is 10.1. The van der Waals surface area contributed by atoms with Crippen molar-refractivity contribution in [3.8, 4) is 22.5 Å². The van der Waals surface area contributed by atoms with Crippen LogP contribution in [0.4, 0.5) is 0 Å². The van der Waals surface area contributed by atoms with Gasteiger partial charge in [-0.15, -0.1) is 0 Å². The maximum Gasteiger partial charge on any atom is 0.251 e. The third-order valence-corrected chi connectivity index (χ3v) is 4.94. The monoisotopic (exact) mass is 317 g/mol. The smallest absolute Gasteiger partial charge is 0.251 e. The molecule has 120 valence electrons. The van der Waals surface area contributed by atoms with Crippen LogP contribution < -0.4 is 5.73 Å². The predicted molar refractivity (Wildman–Crippen MR) is 94.7 cm³/mol. The van der Waals surface area contributed by atoms with Crippen LogP contribution in [0.5, 0.6) is 0 Å². The van der Waals surface area contributed by atoms with Crippen molar-refractivity contribution in [1.29, 1.82) is 0 Å². The number of nitrogens with two attached hydrogens (primary N) is 1. The van der Waals surface area contributed by atoms with Crippen molar-refractivity contribution in [3.63, 3.8) is 0 Å². The van der Waals surface area contributed by atoms with Crippen LogP contribution in [0, 0.1) is 6.92 Å². The molecule has 24 heavy (non-hydrogen) atoms. The summed E-state index contributed by atoms with van der Waals surface area (Å²) in [5.74, 6) is -0.359. The van der Waals surface area contributed by atoms with E-state index in [-0.39, 0.29) is 5.91 Å². The summed E-state index contributed by atoms with van der Waals surface area (Å²) in [5, 5.41) is 0. The minimum Gasteiger partial charge on any atom is -0.366 e. The molecular formula is C20H19N3O. The first-order valence-corrected chi connectivity index (χ1v) is 8.10. The van der Waals surface area contributed by atoms with E-state index in [4.69, 9.17) is 5.73 Å². The van der Waals surface area contributed by atoms with Crippen molar-refractivity contribution in [2.24, 2.45) is 12.8 Å². The number of nitrogens with zero attached hydrogens (tertiary/aromatic N) is 2. The van der Waals surface area contributed by atoms with Gasteiger partial charge in [0, 0.05) is 30.6 Å². The van der Waals surface area contributed by atoms with Gasteiger partial charge in [0.15, 0.2) is 0 Å². The van der Waals surface area contributed by atoms with Gasteiger partial charge in [0.25, 0.3) is 5.91 Å². The third-order valence-electron chi connectivity index (χ3n) is 4.94. The lowest BCUT2D eigenvalue weighted by molar-refractivity contribution is 0.1000. The Labute approximate surface area is 141 Å². The highest BCUT2D eigenvalue weighted by Crippen LogP contribution is 2.41. The van der Waals surface area contributed by atoms with E-state index in [1.807, 2.05) is 31.4 Å². The molecule has 2 N–H and O–H groups in total. The summed E-state index contributed by atoms with van der Waals surface area (Å²) in [4.78, 5) is 16.5. The van der Waals surface area contributed by atoms with Gasteiger partial charge in [0.1, 0.15) is 0 Å². The zero-order valence-electron chi connectivity index (χ0n) is 13.8. The Kier molecular flexibility index (Phi) is 3.27. The summed E-state index contributed by atoms with van der Waals surface area (Å²) in [5.41, 5.74) is 14.1. The Morgan fingerprint density at radius 2 is 1.92 bits per heavy atom. The maximum absolute atomic E-state index is 12.3. The molecule has 1 aromatic carbocycles. The van der Waals surface area contributed by atoms with E-state index in [1.54, 1.807) is 6.20 Å². The SMILES string of the molecule is Cc1ccccc1-c1c(C(N)=O)c2c(n1C)-c1ccncc1CC2. The van der Waals surface area contributed by atoms with Crippen LogP contribution in [0.1, 0.15) is 27.0 Å². The molecule has 0 aliphatic heterocycles. The van der Waals surface area contributed by atoms with Crippen molar-refractivity contribution in [1.82, 2.24) is 9.55 Å². The minimum atomic E-state index is -0.359. The van der Waals surface area contributed by atoms with Crippen molar-refractivity contribution >= 4 is 5.91 Å². The second-order valence-electron chi connectivity index (χ2n) is 6.32. The number of benzene rings is 1. The third kappa shape index (κ3) is 1.99. The molecule has 1 aliphatic carbocycles. The molecule has 0 unspecified atom stereocenters. The fraction of sp³-hybridized carbons (Fsp3) is 0.200. The average Bonchev–Trinajstić information content (AvgIpc) is 2.88. The van der Waals surface area contributed by atoms with Crippen LogP contribution in [0.3, 0.4) is 0 Å². The molecular weight excluding hydrogens is 298 g/mol. The second kappa shape index (κ2) is 5.34. The van der Waals surface area contributed by atoms with E-state index >= 15 is 0 Å². The number of hydrogen-bond acceptors (Lipinski definition) is 2. The van der Waals surface area contributed by atoms with Gasteiger partial charge in [-0.05, 0) is 42.5 Å². The van der Waals surface area contributed by atoms with Crippen LogP contribution >= 0.6 is 0 Å². The molecule has 1 amide bonds. The van der Waals surface area contributed by atoms with Crippen molar-refractivity contribution in [2.45, 2.75) is 19.8 Å². The highest BCUT2D eigenvalue weighted by atomic mass is 16.1. The highest BCUT2D eigenvalue weighted by molar-refractivity contribution is 6.04. The zero-order chi connectivity index (χ0) is 16.8. The van der Waals surface area contributed by atoms with Crippen molar-refractivity contribution in [3.05, 3.63) is 65.0 Å². The molecule has 0 spiro atoms. The molecule has 0 saturated heterocycles. The lowest BCUT2D eigenvalue weighted by atomic mass is 9.89. The van der Waals surface area contributed by atoms with Gasteiger partial charge in [0.2, 0.25) is 0 Å². The number of pyridine rings is 1. The number of carbonyl (C=O) groups is 1. The second-order valence-corrected chi connectivity index (χ2v) is 6.32. The topological polar surface area (TPSA) is 60.9 Å². The van der Waals surface area contributed by atoms with Crippen molar-refractivity contribution in [2.75, 3.05) is 0 Å². The van der Waals surface area contributed by atoms with E-state index in [1.165, 1.54) is 5.56 Å².